The van der Waals surface area contributed by atoms with Gasteiger partial charge in [-0.1, -0.05) is 5.16 Å². The van der Waals surface area contributed by atoms with E-state index in [1.807, 2.05) is 0 Å². The largest absolute Gasteiger partial charge is 0.337 e. The van der Waals surface area contributed by atoms with Crippen molar-refractivity contribution in [2.75, 3.05) is 10.0 Å². The Labute approximate surface area is 139 Å². The van der Waals surface area contributed by atoms with Crippen molar-refractivity contribution in [3.8, 4) is 0 Å². The third kappa shape index (κ3) is 4.19. The number of sulfonamides is 1. The molecule has 0 aliphatic rings. The van der Waals surface area contributed by atoms with E-state index in [-0.39, 0.29) is 23.0 Å². The van der Waals surface area contributed by atoms with Crippen molar-refractivity contribution in [2.24, 2.45) is 0 Å². The Kier molecular flexibility index (Phi) is 5.03. The topological polar surface area (TPSA) is 118 Å². The molecule has 0 aliphatic heterocycles. The van der Waals surface area contributed by atoms with Crippen LogP contribution in [0.25, 0.3) is 0 Å². The highest BCUT2D eigenvalue weighted by atomic mass is 32.2. The average molecular weight is 351 g/mol. The van der Waals surface area contributed by atoms with Crippen LogP contribution in [0, 0.1) is 13.8 Å². The number of rotatable bonds is 6. The summed E-state index contributed by atoms with van der Waals surface area (Å²) in [5.41, 5.74) is 1.59. The van der Waals surface area contributed by atoms with Crippen LogP contribution in [0.4, 0.5) is 11.6 Å². The van der Waals surface area contributed by atoms with Crippen LogP contribution in [-0.4, -0.2) is 25.3 Å². The molecule has 9 heteroatoms. The van der Waals surface area contributed by atoms with Gasteiger partial charge in [-0.2, -0.15) is 0 Å². The second kappa shape index (κ2) is 6.83. The molecule has 0 saturated carbocycles. The first-order valence-corrected chi connectivity index (χ1v) is 8.52. The molecule has 1 heterocycles. The van der Waals surface area contributed by atoms with E-state index >= 15 is 0 Å². The van der Waals surface area contributed by atoms with Crippen molar-refractivity contribution >= 4 is 33.3 Å². The monoisotopic (exact) mass is 351 g/mol. The van der Waals surface area contributed by atoms with Crippen LogP contribution in [0.15, 0.2) is 33.7 Å². The van der Waals surface area contributed by atoms with Crippen LogP contribution >= 0.6 is 0 Å². The van der Waals surface area contributed by atoms with Gasteiger partial charge in [-0.15, -0.1) is 0 Å². The summed E-state index contributed by atoms with van der Waals surface area (Å²) in [6.07, 6.45) is -0.230. The van der Waals surface area contributed by atoms with Crippen molar-refractivity contribution in [1.29, 1.82) is 0 Å². The zero-order valence-electron chi connectivity index (χ0n) is 13.4. The van der Waals surface area contributed by atoms with E-state index in [4.69, 9.17) is 4.52 Å². The van der Waals surface area contributed by atoms with Gasteiger partial charge in [-0.05, 0) is 45.0 Å². The SMILES string of the molecule is CC(=O)CC(=O)Nc1ccc(S(=O)(=O)Nc2onc(C)c2C)cc1. The average Bonchev–Trinajstić information content (AvgIpc) is 2.78. The van der Waals surface area contributed by atoms with Crippen LogP contribution in [0.3, 0.4) is 0 Å². The molecular weight excluding hydrogens is 334 g/mol. The van der Waals surface area contributed by atoms with Gasteiger partial charge in [0.1, 0.15) is 5.78 Å². The molecule has 2 aromatic rings. The highest BCUT2D eigenvalue weighted by molar-refractivity contribution is 7.92. The summed E-state index contributed by atoms with van der Waals surface area (Å²) in [6, 6.07) is 5.55. The molecule has 2 N–H and O–H groups in total. The first-order valence-electron chi connectivity index (χ1n) is 7.04. The Balaban J connectivity index is 2.13. The Bertz CT molecular complexity index is 869. The molecule has 128 valence electrons. The summed E-state index contributed by atoms with van der Waals surface area (Å²) in [5.74, 6) is -0.649. The summed E-state index contributed by atoms with van der Waals surface area (Å²) in [4.78, 5) is 22.4. The van der Waals surface area contributed by atoms with Crippen molar-refractivity contribution in [1.82, 2.24) is 5.16 Å². The van der Waals surface area contributed by atoms with Crippen LogP contribution < -0.4 is 10.0 Å². The zero-order chi connectivity index (χ0) is 17.9. The fraction of sp³-hybridized carbons (Fsp3) is 0.267. The van der Waals surface area contributed by atoms with E-state index in [2.05, 4.69) is 15.2 Å². The van der Waals surface area contributed by atoms with Crippen LogP contribution in [-0.2, 0) is 19.6 Å². The number of anilines is 2. The second-order valence-corrected chi connectivity index (χ2v) is 6.96. The van der Waals surface area contributed by atoms with Gasteiger partial charge in [-0.3, -0.25) is 9.59 Å². The Morgan fingerprint density at radius 2 is 1.79 bits per heavy atom. The lowest BCUT2D eigenvalue weighted by molar-refractivity contribution is -0.124. The van der Waals surface area contributed by atoms with Gasteiger partial charge in [0.25, 0.3) is 10.0 Å². The van der Waals surface area contributed by atoms with E-state index in [0.29, 0.717) is 16.9 Å². The molecule has 0 fully saturated rings. The van der Waals surface area contributed by atoms with Crippen LogP contribution in [0.2, 0.25) is 0 Å². The lowest BCUT2D eigenvalue weighted by Gasteiger charge is -2.08. The summed E-state index contributed by atoms with van der Waals surface area (Å²) in [7, 11) is -3.84. The highest BCUT2D eigenvalue weighted by Gasteiger charge is 2.19. The van der Waals surface area contributed by atoms with E-state index in [9.17, 15) is 18.0 Å². The van der Waals surface area contributed by atoms with Gasteiger partial charge >= 0.3 is 0 Å². The molecule has 2 rings (SSSR count). The smallest absolute Gasteiger partial charge is 0.264 e. The lowest BCUT2D eigenvalue weighted by atomic mass is 10.2. The van der Waals surface area contributed by atoms with Gasteiger partial charge in [0.05, 0.1) is 17.0 Å². The first-order chi connectivity index (χ1) is 11.2. The van der Waals surface area contributed by atoms with Gasteiger partial charge in [0, 0.05) is 11.3 Å². The Hall–Kier alpha value is -2.68. The molecule has 1 aromatic carbocycles. The van der Waals surface area contributed by atoms with Crippen molar-refractivity contribution in [3.05, 3.63) is 35.5 Å². The van der Waals surface area contributed by atoms with Gasteiger partial charge in [0.15, 0.2) is 0 Å². The number of hydrogen-bond donors (Lipinski definition) is 2. The summed E-state index contributed by atoms with van der Waals surface area (Å²) >= 11 is 0. The maximum atomic E-state index is 12.3. The maximum Gasteiger partial charge on any atom is 0.264 e. The second-order valence-electron chi connectivity index (χ2n) is 5.28. The van der Waals surface area contributed by atoms with Gasteiger partial charge in [-0.25, -0.2) is 13.1 Å². The van der Waals surface area contributed by atoms with Gasteiger partial charge < -0.3 is 9.84 Å². The number of ketones is 1. The number of benzene rings is 1. The van der Waals surface area contributed by atoms with Crippen molar-refractivity contribution in [3.63, 3.8) is 0 Å². The van der Waals surface area contributed by atoms with Crippen LogP contribution in [0.5, 0.6) is 0 Å². The number of hydrogen-bond acceptors (Lipinski definition) is 6. The molecule has 1 amide bonds. The minimum absolute atomic E-state index is 0.000481. The number of nitrogens with zero attached hydrogens (tertiary/aromatic N) is 1. The Morgan fingerprint density at radius 3 is 2.29 bits per heavy atom. The number of nitrogens with one attached hydrogen (secondary N) is 2. The quantitative estimate of drug-likeness (QED) is 0.769. The molecule has 0 atom stereocenters. The highest BCUT2D eigenvalue weighted by Crippen LogP contribution is 2.22. The summed E-state index contributed by atoms with van der Waals surface area (Å²) in [5, 5.41) is 6.20. The third-order valence-electron chi connectivity index (χ3n) is 3.24. The van der Waals surface area contributed by atoms with E-state index in [1.165, 1.54) is 31.2 Å². The fourth-order valence-electron chi connectivity index (χ4n) is 1.84. The normalized spacial score (nSPS) is 11.1. The molecule has 0 spiro atoms. The molecule has 8 nitrogen and oxygen atoms in total. The maximum absolute atomic E-state index is 12.3. The van der Waals surface area contributed by atoms with Crippen molar-refractivity contribution in [2.45, 2.75) is 32.1 Å². The van der Waals surface area contributed by atoms with Crippen LogP contribution in [0.1, 0.15) is 24.6 Å². The van der Waals surface area contributed by atoms with Gasteiger partial charge in [0.2, 0.25) is 11.8 Å². The summed E-state index contributed by atoms with van der Waals surface area (Å²) < 4.78 is 31.9. The minimum atomic E-state index is -3.84. The van der Waals surface area contributed by atoms with Crippen molar-refractivity contribution < 1.29 is 22.5 Å². The minimum Gasteiger partial charge on any atom is -0.337 e. The molecule has 0 saturated heterocycles. The van der Waals surface area contributed by atoms with E-state index in [0.717, 1.165) is 0 Å². The number of carbonyl (C=O) groups is 2. The number of amides is 1. The molecule has 0 unspecified atom stereocenters. The van der Waals surface area contributed by atoms with E-state index in [1.54, 1.807) is 13.8 Å². The fourth-order valence-corrected chi connectivity index (χ4v) is 2.89. The Morgan fingerprint density at radius 1 is 1.17 bits per heavy atom. The standard InChI is InChI=1S/C15H17N3O5S/c1-9(19)8-14(20)16-12-4-6-13(7-5-12)24(21,22)18-15-10(2)11(3)17-23-15/h4-7,18H,8H2,1-3H3,(H,16,20). The third-order valence-corrected chi connectivity index (χ3v) is 4.59. The first kappa shape index (κ1) is 17.7. The number of Topliss-reactive ketones (excluding diaryl/α,β-unsaturated/α-hetero) is 1. The molecular formula is C15H17N3O5S. The predicted octanol–water partition coefficient (Wildman–Crippen LogP) is 2.01. The number of carbonyl (C=O) groups excluding carboxylic acids is 2. The predicted molar refractivity (Wildman–Crippen MR) is 87.2 cm³/mol. The molecule has 0 bridgehead atoms. The molecule has 0 radical (unpaired) electrons. The van der Waals surface area contributed by atoms with E-state index < -0.39 is 15.9 Å². The number of aromatic nitrogens is 1. The molecule has 24 heavy (non-hydrogen) atoms. The number of aryl methyl sites for hydroxylation is 1. The summed E-state index contributed by atoms with van der Waals surface area (Å²) in [6.45, 7) is 4.71. The molecule has 1 aromatic heterocycles. The zero-order valence-corrected chi connectivity index (χ0v) is 14.2. The lowest BCUT2D eigenvalue weighted by Crippen LogP contribution is -2.15. The molecule has 0 aliphatic carbocycles.